The topological polar surface area (TPSA) is 221 Å². The van der Waals surface area contributed by atoms with Crippen LogP contribution in [0.3, 0.4) is 0 Å². The van der Waals surface area contributed by atoms with Gasteiger partial charge in [0.2, 0.25) is 17.2 Å². The van der Waals surface area contributed by atoms with Crippen LogP contribution in [0, 0.1) is 0 Å². The summed E-state index contributed by atoms with van der Waals surface area (Å²) in [6, 6.07) is 1.37. The van der Waals surface area contributed by atoms with Crippen molar-refractivity contribution in [2.75, 3.05) is 56.4 Å². The van der Waals surface area contributed by atoms with Gasteiger partial charge in [-0.3, -0.25) is 0 Å². The highest BCUT2D eigenvalue weighted by atomic mass is 16.6. The van der Waals surface area contributed by atoms with Gasteiger partial charge in [-0.15, -0.1) is 0 Å². The van der Waals surface area contributed by atoms with Crippen LogP contribution in [-0.2, 0) is 9.47 Å². The predicted octanol–water partition coefficient (Wildman–Crippen LogP) is 1.91. The summed E-state index contributed by atoms with van der Waals surface area (Å²) in [6.45, 7) is -0.765. The van der Waals surface area contributed by atoms with E-state index in [1.54, 1.807) is 0 Å². The number of ether oxygens (including phenoxy) is 9. The molecule has 0 spiro atoms. The second kappa shape index (κ2) is 12.4. The van der Waals surface area contributed by atoms with Crippen LogP contribution in [0.2, 0.25) is 0 Å². The zero-order valence-electron chi connectivity index (χ0n) is 28.2. The molecular formula is C34H32O17. The zero-order chi connectivity index (χ0) is 36.6. The van der Waals surface area contributed by atoms with Crippen molar-refractivity contribution < 1.29 is 71.6 Å². The van der Waals surface area contributed by atoms with Crippen LogP contribution in [0.25, 0.3) is 43.8 Å². The number of carbonyl (C=O) groups is 1. The van der Waals surface area contributed by atoms with E-state index in [9.17, 15) is 29.7 Å². The van der Waals surface area contributed by atoms with Crippen LogP contribution in [-0.4, -0.2) is 102 Å². The van der Waals surface area contributed by atoms with Crippen molar-refractivity contribution in [3.8, 4) is 51.4 Å². The van der Waals surface area contributed by atoms with Crippen LogP contribution in [0.1, 0.15) is 22.0 Å². The van der Waals surface area contributed by atoms with Gasteiger partial charge < -0.3 is 66.8 Å². The molecule has 1 saturated heterocycles. The maximum absolute atomic E-state index is 14.4. The number of rotatable bonds is 10. The number of aliphatic hydroxyl groups excluding tert-OH is 3. The lowest BCUT2D eigenvalue weighted by Gasteiger charge is -2.32. The van der Waals surface area contributed by atoms with E-state index >= 15 is 0 Å². The fourth-order valence-corrected chi connectivity index (χ4v) is 7.27. The molecule has 5 aromatic rings. The first kappa shape index (κ1) is 34.0. The van der Waals surface area contributed by atoms with Gasteiger partial charge in [-0.2, -0.15) is 0 Å². The molecule has 7 rings (SSSR count). The van der Waals surface area contributed by atoms with Crippen LogP contribution < -0.4 is 44.4 Å². The van der Waals surface area contributed by atoms with E-state index in [0.29, 0.717) is 0 Å². The Balaban J connectivity index is 1.73. The molecule has 0 bridgehead atoms. The summed E-state index contributed by atoms with van der Waals surface area (Å²) in [7, 11) is 9.11. The minimum absolute atomic E-state index is 0.00660. The average Bonchev–Trinajstić information content (AvgIpc) is 3.47. The first-order chi connectivity index (χ1) is 24.6. The van der Waals surface area contributed by atoms with Crippen LogP contribution in [0.5, 0.6) is 40.2 Å². The molecule has 5 atom stereocenters. The van der Waals surface area contributed by atoms with Crippen LogP contribution >= 0.6 is 0 Å². The van der Waals surface area contributed by atoms with Gasteiger partial charge in [0.15, 0.2) is 40.3 Å². The van der Waals surface area contributed by atoms with Gasteiger partial charge in [0.1, 0.15) is 24.4 Å². The largest absolute Gasteiger partial charge is 0.493 e. The molecule has 2 aromatic heterocycles. The quantitative estimate of drug-likeness (QED) is 0.107. The molecule has 3 aromatic carbocycles. The van der Waals surface area contributed by atoms with Gasteiger partial charge >= 0.3 is 17.2 Å². The Kier molecular flexibility index (Phi) is 8.25. The minimum atomic E-state index is -1.57. The summed E-state index contributed by atoms with van der Waals surface area (Å²) in [4.78, 5) is 42.1. The third-order valence-corrected chi connectivity index (χ3v) is 9.30. The molecule has 0 amide bonds. The van der Waals surface area contributed by atoms with Crippen molar-refractivity contribution in [3.05, 3.63) is 38.0 Å². The monoisotopic (exact) mass is 712 g/mol. The van der Waals surface area contributed by atoms with Crippen LogP contribution in [0.4, 0.5) is 0 Å². The standard InChI is InChI=1S/C34H32O17/c1-41-12-8-10-13-14-17(33(39)50-26(13)22(12)42-2)15(24(44-4)31(47-7)27(14)49-32(10)38)16-18-19(25(45-5)30(46-6)23(16)43-3)28-29(51-34(18)40)20(37)21(48-28)11(36)9-35/h8,11,20-21,28-29,35-37H,9H2,1-7H3/t11-,20+,21-,28-,29-/m1/s1. The number of aliphatic hydroxyl groups is 3. The average molecular weight is 713 g/mol. The Labute approximate surface area is 286 Å². The van der Waals surface area contributed by atoms with Crippen molar-refractivity contribution in [3.63, 3.8) is 0 Å². The molecular weight excluding hydrogens is 680 g/mol. The summed E-state index contributed by atoms with van der Waals surface area (Å²) in [5.41, 5.74) is -2.65. The smallest absolute Gasteiger partial charge is 0.345 e. The molecule has 0 unspecified atom stereocenters. The van der Waals surface area contributed by atoms with Crippen LogP contribution in [0.15, 0.2) is 24.5 Å². The maximum atomic E-state index is 14.4. The highest BCUT2D eigenvalue weighted by Crippen LogP contribution is 2.60. The third kappa shape index (κ3) is 4.45. The highest BCUT2D eigenvalue weighted by Gasteiger charge is 2.55. The molecule has 2 aliphatic rings. The maximum Gasteiger partial charge on any atom is 0.345 e. The number of fused-ring (bicyclic) bond motifs is 3. The number of methoxy groups -OCH3 is 7. The fraction of sp³-hybridized carbons (Fsp3) is 0.382. The van der Waals surface area contributed by atoms with Gasteiger partial charge in [0, 0.05) is 27.5 Å². The molecule has 0 saturated carbocycles. The zero-order valence-corrected chi connectivity index (χ0v) is 28.2. The summed E-state index contributed by atoms with van der Waals surface area (Å²) < 4.78 is 63.4. The van der Waals surface area contributed by atoms with E-state index < -0.39 is 54.3 Å². The van der Waals surface area contributed by atoms with Crippen molar-refractivity contribution >= 4 is 38.7 Å². The Morgan fingerprint density at radius 3 is 1.86 bits per heavy atom. The Bertz CT molecular complexity index is 2340. The third-order valence-electron chi connectivity index (χ3n) is 9.30. The molecule has 4 heterocycles. The lowest BCUT2D eigenvalue weighted by atomic mass is 9.84. The molecule has 51 heavy (non-hydrogen) atoms. The number of hydrogen-bond donors (Lipinski definition) is 3. The second-order valence-corrected chi connectivity index (χ2v) is 11.6. The molecule has 17 heteroatoms. The number of carbonyl (C=O) groups excluding carboxylic acids is 1. The summed E-state index contributed by atoms with van der Waals surface area (Å²) >= 11 is 0. The van der Waals surface area contributed by atoms with Crippen molar-refractivity contribution in [2.24, 2.45) is 0 Å². The lowest BCUT2D eigenvalue weighted by molar-refractivity contribution is -0.0824. The number of esters is 1. The first-order valence-electron chi connectivity index (χ1n) is 15.3. The van der Waals surface area contributed by atoms with E-state index in [0.717, 1.165) is 0 Å². The number of hydrogen-bond acceptors (Lipinski definition) is 17. The first-order valence-corrected chi connectivity index (χ1v) is 15.3. The number of benzene rings is 3. The normalized spacial score (nSPS) is 20.2. The Morgan fingerprint density at radius 1 is 0.686 bits per heavy atom. The van der Waals surface area contributed by atoms with Gasteiger partial charge in [0.05, 0.1) is 72.7 Å². The molecule has 2 aliphatic heterocycles. The van der Waals surface area contributed by atoms with E-state index in [-0.39, 0.29) is 95.2 Å². The van der Waals surface area contributed by atoms with E-state index in [1.807, 2.05) is 0 Å². The van der Waals surface area contributed by atoms with Crippen molar-refractivity contribution in [2.45, 2.75) is 30.5 Å². The Hall–Kier alpha value is -5.49. The molecule has 270 valence electrons. The minimum Gasteiger partial charge on any atom is -0.493 e. The molecule has 17 nitrogen and oxygen atoms in total. The molecule has 1 fully saturated rings. The van der Waals surface area contributed by atoms with Gasteiger partial charge in [-0.25, -0.2) is 14.4 Å². The van der Waals surface area contributed by atoms with Crippen molar-refractivity contribution in [1.82, 2.24) is 0 Å². The Morgan fingerprint density at radius 2 is 1.27 bits per heavy atom. The van der Waals surface area contributed by atoms with Gasteiger partial charge in [-0.1, -0.05) is 0 Å². The lowest BCUT2D eigenvalue weighted by Crippen LogP contribution is -2.42. The molecule has 0 aliphatic carbocycles. The highest BCUT2D eigenvalue weighted by molar-refractivity contribution is 6.26. The summed E-state index contributed by atoms with van der Waals surface area (Å²) in [5.74, 6) is -1.51. The SMILES string of the molecule is COc1cc2c(=O)oc3c(OC)c(OC)c(-c4c(OC)c(OC)c(OC)c5c4C(=O)O[C@@H]4[C@@H](O)[C@@H]([C@H](O)CO)O[C@H]54)c4c(=O)oc(c1OC)c2c34. The van der Waals surface area contributed by atoms with Gasteiger partial charge in [0.25, 0.3) is 0 Å². The molecule has 0 radical (unpaired) electrons. The van der Waals surface area contributed by atoms with E-state index in [1.165, 1.54) is 55.8 Å². The predicted molar refractivity (Wildman–Crippen MR) is 174 cm³/mol. The van der Waals surface area contributed by atoms with Crippen molar-refractivity contribution in [1.29, 1.82) is 0 Å². The fourth-order valence-electron chi connectivity index (χ4n) is 7.27. The summed E-state index contributed by atoms with van der Waals surface area (Å²) in [5, 5.41) is 31.1. The van der Waals surface area contributed by atoms with Gasteiger partial charge in [-0.05, 0) is 6.07 Å². The van der Waals surface area contributed by atoms with E-state index in [2.05, 4.69) is 0 Å². The molecule has 3 N–H and O–H groups in total. The van der Waals surface area contributed by atoms with E-state index in [4.69, 9.17) is 51.5 Å². The second-order valence-electron chi connectivity index (χ2n) is 11.6. The summed E-state index contributed by atoms with van der Waals surface area (Å²) in [6.07, 6.45) is -7.14.